The molecule has 12 heteroatoms. The third kappa shape index (κ3) is 3.72. The number of fused-ring (bicyclic) bond motifs is 1. The molecule has 0 unspecified atom stereocenters. The van der Waals surface area contributed by atoms with Gasteiger partial charge in [0.15, 0.2) is 17.0 Å². The van der Waals surface area contributed by atoms with Crippen molar-refractivity contribution in [2.45, 2.75) is 26.9 Å². The summed E-state index contributed by atoms with van der Waals surface area (Å²) < 4.78 is 5.15. The summed E-state index contributed by atoms with van der Waals surface area (Å²) in [7, 11) is 1.86. The molecule has 0 saturated carbocycles. The first kappa shape index (κ1) is 18.4. The Balaban J connectivity index is 1.59. The van der Waals surface area contributed by atoms with Crippen LogP contribution in [0.3, 0.4) is 0 Å². The number of nitrogens with zero attached hydrogens (tertiary/aromatic N) is 8. The largest absolute Gasteiger partial charge is 0.368 e. The van der Waals surface area contributed by atoms with Crippen molar-refractivity contribution in [3.63, 3.8) is 0 Å². The van der Waals surface area contributed by atoms with Crippen LogP contribution < -0.4 is 16.4 Å². The Bertz CT molecular complexity index is 1190. The van der Waals surface area contributed by atoms with Crippen molar-refractivity contribution in [2.75, 3.05) is 16.4 Å². The minimum absolute atomic E-state index is 0.0178. The lowest BCUT2D eigenvalue weighted by molar-refractivity contribution is -0.116. The van der Waals surface area contributed by atoms with Gasteiger partial charge in [-0.1, -0.05) is 0 Å². The van der Waals surface area contributed by atoms with Gasteiger partial charge in [0, 0.05) is 25.9 Å². The molecule has 0 radical (unpaired) electrons. The van der Waals surface area contributed by atoms with E-state index in [2.05, 4.69) is 35.7 Å². The van der Waals surface area contributed by atoms with E-state index in [9.17, 15) is 4.79 Å². The topological polar surface area (TPSA) is 146 Å². The zero-order chi connectivity index (χ0) is 20.5. The summed E-state index contributed by atoms with van der Waals surface area (Å²) in [5.41, 5.74) is 7.64. The summed E-state index contributed by atoms with van der Waals surface area (Å²) in [4.78, 5) is 29.6. The van der Waals surface area contributed by atoms with Gasteiger partial charge in [-0.25, -0.2) is 14.6 Å². The molecule has 0 aliphatic rings. The zero-order valence-electron chi connectivity index (χ0n) is 16.3. The number of hydrogen-bond donors (Lipinski definition) is 3. The number of carbonyl (C=O) groups is 1. The number of nitrogen functional groups attached to an aromatic ring is 1. The molecule has 0 saturated heterocycles. The van der Waals surface area contributed by atoms with Crippen LogP contribution in [0.25, 0.3) is 11.2 Å². The number of nitrogens with two attached hydrogens (primary N) is 1. The van der Waals surface area contributed by atoms with E-state index >= 15 is 0 Å². The number of aryl methyl sites for hydroxylation is 3. The summed E-state index contributed by atoms with van der Waals surface area (Å²) in [6.45, 7) is 4.51. The molecule has 29 heavy (non-hydrogen) atoms. The van der Waals surface area contributed by atoms with Gasteiger partial charge in [0.2, 0.25) is 11.9 Å². The SMILES string of the molecule is CCn1nc(C)cc1NC(=O)Cn1cnc2c(Nc3cn(C)cn3)nc(N)nc21. The predicted molar refractivity (Wildman–Crippen MR) is 107 cm³/mol. The van der Waals surface area contributed by atoms with E-state index in [4.69, 9.17) is 5.73 Å². The predicted octanol–water partition coefficient (Wildman–Crippen LogP) is 1.05. The van der Waals surface area contributed by atoms with Gasteiger partial charge in [-0.05, 0) is 13.8 Å². The van der Waals surface area contributed by atoms with E-state index < -0.39 is 0 Å². The normalized spacial score (nSPS) is 11.1. The van der Waals surface area contributed by atoms with E-state index in [-0.39, 0.29) is 18.4 Å². The molecule has 0 aliphatic carbocycles. The summed E-state index contributed by atoms with van der Waals surface area (Å²) in [5.74, 6) is 1.51. The lowest BCUT2D eigenvalue weighted by Crippen LogP contribution is -2.20. The van der Waals surface area contributed by atoms with E-state index in [0.29, 0.717) is 35.2 Å². The molecule has 12 nitrogen and oxygen atoms in total. The molecular formula is C17H21N11O. The van der Waals surface area contributed by atoms with E-state index in [0.717, 1.165) is 5.69 Å². The average molecular weight is 395 g/mol. The second kappa shape index (κ2) is 7.22. The van der Waals surface area contributed by atoms with Gasteiger partial charge in [0.25, 0.3) is 0 Å². The molecule has 0 atom stereocenters. The smallest absolute Gasteiger partial charge is 0.245 e. The van der Waals surface area contributed by atoms with Crippen molar-refractivity contribution in [3.8, 4) is 0 Å². The lowest BCUT2D eigenvalue weighted by Gasteiger charge is -2.08. The second-order valence-electron chi connectivity index (χ2n) is 6.56. The zero-order valence-corrected chi connectivity index (χ0v) is 16.3. The van der Waals surface area contributed by atoms with Crippen molar-refractivity contribution in [3.05, 3.63) is 30.6 Å². The highest BCUT2D eigenvalue weighted by Gasteiger charge is 2.16. The first-order chi connectivity index (χ1) is 13.9. The van der Waals surface area contributed by atoms with Crippen LogP contribution in [-0.2, 0) is 24.9 Å². The Morgan fingerprint density at radius 1 is 1.24 bits per heavy atom. The number of anilines is 4. The minimum atomic E-state index is -0.227. The summed E-state index contributed by atoms with van der Waals surface area (Å²) in [6, 6.07) is 1.82. The van der Waals surface area contributed by atoms with Crippen molar-refractivity contribution < 1.29 is 4.79 Å². The Morgan fingerprint density at radius 3 is 2.79 bits per heavy atom. The third-order valence-corrected chi connectivity index (χ3v) is 4.22. The molecule has 4 aromatic heterocycles. The van der Waals surface area contributed by atoms with Gasteiger partial charge in [-0.15, -0.1) is 0 Å². The number of nitrogens with one attached hydrogen (secondary N) is 2. The van der Waals surface area contributed by atoms with Crippen LogP contribution in [0, 0.1) is 6.92 Å². The van der Waals surface area contributed by atoms with Crippen LogP contribution >= 0.6 is 0 Å². The molecule has 4 N–H and O–H groups in total. The molecule has 1 amide bonds. The lowest BCUT2D eigenvalue weighted by atomic mass is 10.4. The maximum atomic E-state index is 12.6. The fourth-order valence-corrected chi connectivity index (χ4v) is 2.99. The second-order valence-corrected chi connectivity index (χ2v) is 6.56. The number of amides is 1. The van der Waals surface area contributed by atoms with Crippen molar-refractivity contribution in [2.24, 2.45) is 7.05 Å². The standard InChI is InChI=1S/C17H21N11O/c1-4-28-12(5-10(2)25-28)22-13(29)7-27-9-20-14-15(23-17(18)24-16(14)27)21-11-6-26(3)8-19-11/h5-6,8-9H,4,7H2,1-3H3,(H,22,29)(H3,18,21,23,24). The molecule has 0 spiro atoms. The Morgan fingerprint density at radius 2 is 2.07 bits per heavy atom. The molecule has 4 heterocycles. The van der Waals surface area contributed by atoms with Gasteiger partial charge in [-0.2, -0.15) is 15.1 Å². The van der Waals surface area contributed by atoms with Crippen molar-refractivity contribution >= 4 is 40.5 Å². The van der Waals surface area contributed by atoms with Crippen LogP contribution in [0.1, 0.15) is 12.6 Å². The molecule has 4 aromatic rings. The Hall–Kier alpha value is -3.96. The van der Waals surface area contributed by atoms with Crippen LogP contribution in [0.2, 0.25) is 0 Å². The number of hydrogen-bond acceptors (Lipinski definition) is 8. The third-order valence-electron chi connectivity index (χ3n) is 4.22. The molecular weight excluding hydrogens is 374 g/mol. The highest BCUT2D eigenvalue weighted by molar-refractivity contribution is 5.92. The molecule has 0 aromatic carbocycles. The molecule has 0 fully saturated rings. The highest BCUT2D eigenvalue weighted by Crippen LogP contribution is 2.22. The summed E-state index contributed by atoms with van der Waals surface area (Å²) in [5, 5.41) is 10.3. The van der Waals surface area contributed by atoms with Crippen molar-refractivity contribution in [1.29, 1.82) is 0 Å². The maximum Gasteiger partial charge on any atom is 0.245 e. The van der Waals surface area contributed by atoms with E-state index in [1.807, 2.05) is 27.0 Å². The number of carbonyl (C=O) groups excluding carboxylic acids is 1. The average Bonchev–Trinajstić information content (AvgIpc) is 3.34. The summed E-state index contributed by atoms with van der Waals surface area (Å²) in [6.07, 6.45) is 4.99. The van der Waals surface area contributed by atoms with Crippen LogP contribution in [0.15, 0.2) is 24.9 Å². The number of aromatic nitrogens is 8. The van der Waals surface area contributed by atoms with Gasteiger partial charge < -0.3 is 25.5 Å². The van der Waals surface area contributed by atoms with Crippen LogP contribution in [0.4, 0.5) is 23.4 Å². The van der Waals surface area contributed by atoms with Crippen molar-refractivity contribution in [1.82, 2.24) is 38.9 Å². The van der Waals surface area contributed by atoms with Gasteiger partial charge >= 0.3 is 0 Å². The first-order valence-electron chi connectivity index (χ1n) is 9.00. The first-order valence-corrected chi connectivity index (χ1v) is 9.00. The molecule has 150 valence electrons. The van der Waals surface area contributed by atoms with Crippen LogP contribution in [0.5, 0.6) is 0 Å². The minimum Gasteiger partial charge on any atom is -0.368 e. The van der Waals surface area contributed by atoms with E-state index in [1.165, 1.54) is 6.33 Å². The number of rotatable bonds is 6. The monoisotopic (exact) mass is 395 g/mol. The Kier molecular flexibility index (Phi) is 4.58. The fourth-order valence-electron chi connectivity index (χ4n) is 2.99. The van der Waals surface area contributed by atoms with E-state index in [1.54, 1.807) is 26.3 Å². The maximum absolute atomic E-state index is 12.6. The summed E-state index contributed by atoms with van der Waals surface area (Å²) >= 11 is 0. The molecule has 0 aliphatic heterocycles. The van der Waals surface area contributed by atoms with Gasteiger partial charge in [0.05, 0.1) is 18.3 Å². The number of imidazole rings is 2. The Labute approximate surface area is 165 Å². The van der Waals surface area contributed by atoms with Gasteiger partial charge in [-0.3, -0.25) is 4.79 Å². The fraction of sp³-hybridized carbons (Fsp3) is 0.294. The van der Waals surface area contributed by atoms with Gasteiger partial charge in [0.1, 0.15) is 18.2 Å². The quantitative estimate of drug-likeness (QED) is 0.439. The highest BCUT2D eigenvalue weighted by atomic mass is 16.2. The molecule has 4 rings (SSSR count). The van der Waals surface area contributed by atoms with Crippen LogP contribution in [-0.4, -0.2) is 44.8 Å². The molecule has 0 bridgehead atoms.